The number of carbonyl (C=O) groups excluding carboxylic acids is 1. The Morgan fingerprint density at radius 2 is 2.19 bits per heavy atom. The molecule has 110 valence electrons. The lowest BCUT2D eigenvalue weighted by atomic mass is 10.1. The topological polar surface area (TPSA) is 68.0 Å². The van der Waals surface area contributed by atoms with E-state index in [1.54, 1.807) is 13.1 Å². The quantitative estimate of drug-likeness (QED) is 0.849. The van der Waals surface area contributed by atoms with Gasteiger partial charge in [-0.15, -0.1) is 0 Å². The van der Waals surface area contributed by atoms with E-state index in [2.05, 4.69) is 10.3 Å². The van der Waals surface area contributed by atoms with E-state index in [-0.39, 0.29) is 17.2 Å². The van der Waals surface area contributed by atoms with Gasteiger partial charge in [-0.2, -0.15) is 0 Å². The number of amides is 1. The van der Waals surface area contributed by atoms with Crippen LogP contribution < -0.4 is 11.1 Å². The van der Waals surface area contributed by atoms with Crippen molar-refractivity contribution in [3.8, 4) is 0 Å². The van der Waals surface area contributed by atoms with Gasteiger partial charge in [-0.25, -0.2) is 4.39 Å². The Bertz CT molecular complexity index is 647. The summed E-state index contributed by atoms with van der Waals surface area (Å²) in [6.07, 6.45) is 2.52. The molecular formula is C16H18FN3O. The summed E-state index contributed by atoms with van der Waals surface area (Å²) in [7, 11) is 0. The molecule has 0 unspecified atom stereocenters. The second-order valence-electron chi connectivity index (χ2n) is 4.82. The zero-order valence-corrected chi connectivity index (χ0v) is 12.1. The maximum absolute atomic E-state index is 13.6. The highest BCUT2D eigenvalue weighted by Crippen LogP contribution is 2.17. The minimum Gasteiger partial charge on any atom is -0.398 e. The Morgan fingerprint density at radius 1 is 1.43 bits per heavy atom. The van der Waals surface area contributed by atoms with E-state index in [9.17, 15) is 9.18 Å². The zero-order chi connectivity index (χ0) is 15.4. The molecule has 2 rings (SSSR count). The molecule has 0 saturated carbocycles. The molecule has 1 amide bonds. The summed E-state index contributed by atoms with van der Waals surface area (Å²) in [4.78, 5) is 16.3. The number of nitrogen functional groups attached to an aromatic ring is 1. The van der Waals surface area contributed by atoms with Gasteiger partial charge < -0.3 is 11.1 Å². The molecule has 2 aromatic rings. The van der Waals surface area contributed by atoms with Crippen molar-refractivity contribution < 1.29 is 9.18 Å². The third-order valence-electron chi connectivity index (χ3n) is 3.43. The molecule has 0 atom stereocenters. The van der Waals surface area contributed by atoms with Gasteiger partial charge in [0.15, 0.2) is 0 Å². The first-order valence-electron chi connectivity index (χ1n) is 6.79. The Morgan fingerprint density at radius 3 is 2.86 bits per heavy atom. The van der Waals surface area contributed by atoms with Crippen molar-refractivity contribution in [1.82, 2.24) is 10.3 Å². The molecule has 0 saturated heterocycles. The van der Waals surface area contributed by atoms with E-state index in [0.717, 1.165) is 17.7 Å². The van der Waals surface area contributed by atoms with E-state index in [4.69, 9.17) is 5.73 Å². The number of benzene rings is 1. The summed E-state index contributed by atoms with van der Waals surface area (Å²) in [5.74, 6) is -0.847. The number of nitrogens with two attached hydrogens (primary N) is 1. The summed E-state index contributed by atoms with van der Waals surface area (Å²) in [6.45, 7) is 3.91. The highest BCUT2D eigenvalue weighted by atomic mass is 19.1. The molecule has 0 bridgehead atoms. The summed E-state index contributed by atoms with van der Waals surface area (Å²) in [5, 5.41) is 2.74. The van der Waals surface area contributed by atoms with Crippen molar-refractivity contribution in [3.05, 3.63) is 58.7 Å². The van der Waals surface area contributed by atoms with Crippen LogP contribution in [-0.4, -0.2) is 10.9 Å². The number of carbonyl (C=O) groups is 1. The lowest BCUT2D eigenvalue weighted by Crippen LogP contribution is -2.24. The third kappa shape index (κ3) is 3.37. The number of pyridine rings is 1. The number of rotatable bonds is 4. The fourth-order valence-electron chi connectivity index (χ4n) is 2.05. The van der Waals surface area contributed by atoms with Gasteiger partial charge in [0.2, 0.25) is 0 Å². The first-order chi connectivity index (χ1) is 10.0. The summed E-state index contributed by atoms with van der Waals surface area (Å²) >= 11 is 0. The SMILES string of the molecule is CCc1cccnc1CNC(=O)c1cc(N)c(C)c(F)c1. The predicted octanol–water partition coefficient (Wildman–Crippen LogP) is 2.60. The van der Waals surface area contributed by atoms with Gasteiger partial charge in [-0.3, -0.25) is 9.78 Å². The van der Waals surface area contributed by atoms with Gasteiger partial charge in [-0.1, -0.05) is 13.0 Å². The number of aryl methyl sites for hydroxylation is 1. The normalized spacial score (nSPS) is 10.4. The van der Waals surface area contributed by atoms with E-state index in [1.165, 1.54) is 12.1 Å². The Balaban J connectivity index is 2.12. The van der Waals surface area contributed by atoms with Crippen LogP contribution >= 0.6 is 0 Å². The molecule has 4 nitrogen and oxygen atoms in total. The van der Waals surface area contributed by atoms with E-state index in [0.29, 0.717) is 12.1 Å². The largest absolute Gasteiger partial charge is 0.398 e. The van der Waals surface area contributed by atoms with Crippen molar-refractivity contribution in [2.45, 2.75) is 26.8 Å². The highest BCUT2D eigenvalue weighted by molar-refractivity contribution is 5.95. The number of anilines is 1. The highest BCUT2D eigenvalue weighted by Gasteiger charge is 2.11. The molecule has 3 N–H and O–H groups in total. The van der Waals surface area contributed by atoms with Crippen molar-refractivity contribution in [2.24, 2.45) is 0 Å². The molecule has 0 radical (unpaired) electrons. The van der Waals surface area contributed by atoms with Gasteiger partial charge in [0.25, 0.3) is 5.91 Å². The average molecular weight is 287 g/mol. The fraction of sp³-hybridized carbons (Fsp3) is 0.250. The van der Waals surface area contributed by atoms with Crippen LogP contribution in [0.4, 0.5) is 10.1 Å². The predicted molar refractivity (Wildman–Crippen MR) is 80.3 cm³/mol. The number of nitrogens with one attached hydrogen (secondary N) is 1. The van der Waals surface area contributed by atoms with Crippen LogP contribution in [0.5, 0.6) is 0 Å². The zero-order valence-electron chi connectivity index (χ0n) is 12.1. The van der Waals surface area contributed by atoms with Crippen molar-refractivity contribution in [3.63, 3.8) is 0 Å². The summed E-state index contributed by atoms with van der Waals surface area (Å²) in [6, 6.07) is 6.51. The lowest BCUT2D eigenvalue weighted by molar-refractivity contribution is 0.0950. The standard InChI is InChI=1S/C16H18FN3O/c1-3-11-5-4-6-19-15(11)9-20-16(21)12-7-13(17)10(2)14(18)8-12/h4-8H,3,9,18H2,1-2H3,(H,20,21). The second-order valence-corrected chi connectivity index (χ2v) is 4.82. The third-order valence-corrected chi connectivity index (χ3v) is 3.43. The molecule has 1 heterocycles. The second kappa shape index (κ2) is 6.35. The molecule has 0 fully saturated rings. The number of halogens is 1. The maximum Gasteiger partial charge on any atom is 0.251 e. The Kier molecular flexibility index (Phi) is 4.52. The van der Waals surface area contributed by atoms with Crippen molar-refractivity contribution >= 4 is 11.6 Å². The molecule has 0 aliphatic rings. The molecular weight excluding hydrogens is 269 g/mol. The first kappa shape index (κ1) is 15.0. The fourth-order valence-corrected chi connectivity index (χ4v) is 2.05. The van der Waals surface area contributed by atoms with Crippen LogP contribution in [0.1, 0.15) is 34.1 Å². The van der Waals surface area contributed by atoms with Crippen LogP contribution in [-0.2, 0) is 13.0 Å². The number of nitrogens with zero attached hydrogens (tertiary/aromatic N) is 1. The van der Waals surface area contributed by atoms with E-state index >= 15 is 0 Å². The molecule has 0 spiro atoms. The van der Waals surface area contributed by atoms with Gasteiger partial charge >= 0.3 is 0 Å². The van der Waals surface area contributed by atoms with E-state index in [1.807, 2.05) is 19.1 Å². The van der Waals surface area contributed by atoms with Crippen LogP contribution in [0, 0.1) is 12.7 Å². The van der Waals surface area contributed by atoms with Gasteiger partial charge in [0.1, 0.15) is 5.82 Å². The van der Waals surface area contributed by atoms with Crippen LogP contribution in [0.25, 0.3) is 0 Å². The Hall–Kier alpha value is -2.43. The van der Waals surface area contributed by atoms with Crippen LogP contribution in [0.2, 0.25) is 0 Å². The maximum atomic E-state index is 13.6. The van der Waals surface area contributed by atoms with Crippen molar-refractivity contribution in [1.29, 1.82) is 0 Å². The van der Waals surface area contributed by atoms with Gasteiger partial charge in [0.05, 0.1) is 12.2 Å². The first-order valence-corrected chi connectivity index (χ1v) is 6.79. The van der Waals surface area contributed by atoms with Crippen LogP contribution in [0.15, 0.2) is 30.5 Å². The molecule has 0 aliphatic heterocycles. The Labute approximate surface area is 123 Å². The number of hydrogen-bond acceptors (Lipinski definition) is 3. The van der Waals surface area contributed by atoms with Gasteiger partial charge in [0, 0.05) is 23.0 Å². The molecule has 21 heavy (non-hydrogen) atoms. The summed E-state index contributed by atoms with van der Waals surface area (Å²) in [5.41, 5.74) is 8.40. The van der Waals surface area contributed by atoms with Crippen LogP contribution in [0.3, 0.4) is 0 Å². The minimum absolute atomic E-state index is 0.213. The number of aromatic nitrogens is 1. The van der Waals surface area contributed by atoms with Gasteiger partial charge in [-0.05, 0) is 37.1 Å². The average Bonchev–Trinajstić information content (AvgIpc) is 2.49. The smallest absolute Gasteiger partial charge is 0.251 e. The van der Waals surface area contributed by atoms with E-state index < -0.39 is 5.82 Å². The number of hydrogen-bond donors (Lipinski definition) is 2. The summed E-state index contributed by atoms with van der Waals surface area (Å²) < 4.78 is 13.6. The minimum atomic E-state index is -0.479. The van der Waals surface area contributed by atoms with Crippen molar-refractivity contribution in [2.75, 3.05) is 5.73 Å². The molecule has 0 aliphatic carbocycles. The molecule has 5 heteroatoms. The monoisotopic (exact) mass is 287 g/mol. The molecule has 1 aromatic carbocycles. The molecule has 1 aromatic heterocycles. The lowest BCUT2D eigenvalue weighted by Gasteiger charge is -2.10.